The van der Waals surface area contributed by atoms with E-state index in [1.807, 2.05) is 25.8 Å². The number of halogens is 2. The predicted molar refractivity (Wildman–Crippen MR) is 117 cm³/mol. The van der Waals surface area contributed by atoms with Crippen LogP contribution in [0.1, 0.15) is 26.7 Å². The number of piperidine rings is 1. The van der Waals surface area contributed by atoms with Gasteiger partial charge in [0.2, 0.25) is 0 Å². The number of nitrogens with one attached hydrogen (secondary N) is 1. The smallest absolute Gasteiger partial charge is 0.433 e. The lowest BCUT2D eigenvalue weighted by molar-refractivity contribution is -0.143. The summed E-state index contributed by atoms with van der Waals surface area (Å²) in [5.74, 6) is 0.573. The number of carbonyl (C=O) groups is 1. The first kappa shape index (κ1) is 23.6. The third kappa shape index (κ3) is 7.01. The molecule has 0 saturated carbocycles. The van der Waals surface area contributed by atoms with Gasteiger partial charge in [0.1, 0.15) is 29.6 Å². The van der Waals surface area contributed by atoms with Crippen molar-refractivity contribution in [3.8, 4) is 0 Å². The maximum Gasteiger partial charge on any atom is 0.527 e. The molecule has 0 amide bonds. The van der Waals surface area contributed by atoms with Crippen LogP contribution in [-0.2, 0) is 9.57 Å². The van der Waals surface area contributed by atoms with Crippen LogP contribution in [0, 0.1) is 23.5 Å². The van der Waals surface area contributed by atoms with Crippen LogP contribution in [0.25, 0.3) is 0 Å². The van der Waals surface area contributed by atoms with E-state index in [1.54, 1.807) is 11.1 Å². The number of benzene rings is 1. The third-order valence-electron chi connectivity index (χ3n) is 5.08. The van der Waals surface area contributed by atoms with E-state index in [-0.39, 0.29) is 11.6 Å². The van der Waals surface area contributed by atoms with E-state index in [4.69, 9.17) is 9.57 Å². The van der Waals surface area contributed by atoms with Crippen molar-refractivity contribution >= 4 is 23.5 Å². The van der Waals surface area contributed by atoms with Gasteiger partial charge in [-0.2, -0.15) is 0 Å². The molecule has 0 atom stereocenters. The molecule has 8 nitrogen and oxygen atoms in total. The normalized spacial score (nSPS) is 14.9. The Morgan fingerprint density at radius 2 is 2.00 bits per heavy atom. The van der Waals surface area contributed by atoms with E-state index in [1.165, 1.54) is 6.33 Å². The Morgan fingerprint density at radius 1 is 1.25 bits per heavy atom. The molecule has 0 spiro atoms. The van der Waals surface area contributed by atoms with Gasteiger partial charge in [-0.25, -0.2) is 23.5 Å². The lowest BCUT2D eigenvalue weighted by atomic mass is 9.97. The lowest BCUT2D eigenvalue weighted by Gasteiger charge is -2.32. The molecule has 1 N–H and O–H groups in total. The maximum absolute atomic E-state index is 13.9. The molecule has 1 aromatic carbocycles. The van der Waals surface area contributed by atoms with E-state index < -0.39 is 17.8 Å². The van der Waals surface area contributed by atoms with Gasteiger partial charge in [-0.1, -0.05) is 13.8 Å². The van der Waals surface area contributed by atoms with Gasteiger partial charge in [0.05, 0.1) is 12.3 Å². The van der Waals surface area contributed by atoms with Gasteiger partial charge < -0.3 is 19.8 Å². The summed E-state index contributed by atoms with van der Waals surface area (Å²) in [5.41, 5.74) is 0.0107. The molecule has 0 unspecified atom stereocenters. The van der Waals surface area contributed by atoms with Gasteiger partial charge >= 0.3 is 6.16 Å². The van der Waals surface area contributed by atoms with Crippen LogP contribution in [0.15, 0.2) is 30.6 Å². The zero-order valence-electron chi connectivity index (χ0n) is 18.6. The number of carbonyl (C=O) groups excluding carboxylic acids is 1. The van der Waals surface area contributed by atoms with Crippen molar-refractivity contribution in [2.45, 2.75) is 26.7 Å². The number of hydrogen-bond acceptors (Lipinski definition) is 8. The predicted octanol–water partition coefficient (Wildman–Crippen LogP) is 4.37. The molecule has 2 heterocycles. The lowest BCUT2D eigenvalue weighted by Crippen LogP contribution is -2.39. The fourth-order valence-corrected chi connectivity index (χ4v) is 3.39. The Morgan fingerprint density at radius 3 is 2.72 bits per heavy atom. The van der Waals surface area contributed by atoms with E-state index in [9.17, 15) is 13.6 Å². The standard InChI is InChI=1S/C22H29F2N5O3/c1-15(2)13-31-22(30)32-29-8-6-16(7-9-29)12-28(3)21-11-20(25-14-26-21)27-19-10-17(23)4-5-18(19)24/h4-5,10-11,14-16H,6-9,12-13H2,1-3H3,(H,25,26,27). The minimum absolute atomic E-state index is 0.0107. The van der Waals surface area contributed by atoms with E-state index >= 15 is 0 Å². The summed E-state index contributed by atoms with van der Waals surface area (Å²) in [5, 5.41) is 4.43. The zero-order valence-corrected chi connectivity index (χ0v) is 18.6. The molecule has 32 heavy (non-hydrogen) atoms. The molecule has 2 aromatic rings. The highest BCUT2D eigenvalue weighted by Crippen LogP contribution is 2.24. The third-order valence-corrected chi connectivity index (χ3v) is 5.08. The highest BCUT2D eigenvalue weighted by atomic mass is 19.1. The van der Waals surface area contributed by atoms with E-state index in [0.29, 0.717) is 37.3 Å². The minimum atomic E-state index is -0.662. The van der Waals surface area contributed by atoms with Crippen molar-refractivity contribution in [2.75, 3.05) is 43.5 Å². The van der Waals surface area contributed by atoms with Crippen LogP contribution >= 0.6 is 0 Å². The number of rotatable bonds is 8. The summed E-state index contributed by atoms with van der Waals surface area (Å²) in [6.45, 7) is 6.27. The topological polar surface area (TPSA) is 79.8 Å². The van der Waals surface area contributed by atoms with Crippen LogP contribution in [0.2, 0.25) is 0 Å². The van der Waals surface area contributed by atoms with Gasteiger partial charge in [-0.05, 0) is 36.8 Å². The van der Waals surface area contributed by atoms with Crippen LogP contribution in [0.5, 0.6) is 0 Å². The molecule has 1 aliphatic heterocycles. The first-order valence-electron chi connectivity index (χ1n) is 10.6. The second-order valence-electron chi connectivity index (χ2n) is 8.31. The molecule has 174 valence electrons. The molecule has 0 aliphatic carbocycles. The van der Waals surface area contributed by atoms with Crippen LogP contribution in [-0.4, -0.2) is 54.5 Å². The Labute approximate surface area is 186 Å². The quantitative estimate of drug-likeness (QED) is 0.595. The number of nitrogens with zero attached hydrogens (tertiary/aromatic N) is 4. The number of anilines is 3. The Balaban J connectivity index is 1.49. The van der Waals surface area contributed by atoms with Gasteiger partial charge in [0.15, 0.2) is 0 Å². The maximum atomic E-state index is 13.9. The minimum Gasteiger partial charge on any atom is -0.433 e. The molecule has 1 fully saturated rings. The first-order chi connectivity index (χ1) is 15.3. The highest BCUT2D eigenvalue weighted by molar-refractivity contribution is 5.60. The summed E-state index contributed by atoms with van der Waals surface area (Å²) in [6.07, 6.45) is 2.42. The summed E-state index contributed by atoms with van der Waals surface area (Å²) in [4.78, 5) is 27.3. The van der Waals surface area contributed by atoms with Crippen LogP contribution in [0.3, 0.4) is 0 Å². The van der Waals surface area contributed by atoms with Crippen molar-refractivity contribution in [2.24, 2.45) is 11.8 Å². The summed E-state index contributed by atoms with van der Waals surface area (Å²) in [7, 11) is 1.92. The van der Waals surface area contributed by atoms with Gasteiger partial charge in [-0.3, -0.25) is 0 Å². The Kier molecular flexibility index (Phi) is 8.15. The SMILES string of the molecule is CC(C)COC(=O)ON1CCC(CN(C)c2cc(Nc3cc(F)ccc3F)ncn2)CC1. The number of aromatic nitrogens is 2. The molecule has 1 aromatic heterocycles. The van der Waals surface area contributed by atoms with E-state index in [0.717, 1.165) is 37.6 Å². The Hall–Kier alpha value is -3.01. The summed E-state index contributed by atoms with van der Waals surface area (Å²) < 4.78 is 32.3. The van der Waals surface area contributed by atoms with Crippen molar-refractivity contribution in [1.82, 2.24) is 15.0 Å². The molecule has 0 bridgehead atoms. The summed E-state index contributed by atoms with van der Waals surface area (Å²) in [6, 6.07) is 4.89. The molecular formula is C22H29F2N5O3. The molecule has 1 saturated heterocycles. The monoisotopic (exact) mass is 449 g/mol. The first-order valence-corrected chi connectivity index (χ1v) is 10.6. The zero-order chi connectivity index (χ0) is 23.1. The average Bonchev–Trinajstić information content (AvgIpc) is 2.76. The molecular weight excluding hydrogens is 420 g/mol. The van der Waals surface area contributed by atoms with Crippen molar-refractivity contribution < 1.29 is 23.1 Å². The van der Waals surface area contributed by atoms with E-state index in [2.05, 4.69) is 15.3 Å². The summed E-state index contributed by atoms with van der Waals surface area (Å²) >= 11 is 0. The Bertz CT molecular complexity index is 907. The fraction of sp³-hybridized carbons (Fsp3) is 0.500. The largest absolute Gasteiger partial charge is 0.527 e. The average molecular weight is 450 g/mol. The molecule has 3 rings (SSSR count). The van der Waals surface area contributed by atoms with Gasteiger partial charge in [0, 0.05) is 38.8 Å². The van der Waals surface area contributed by atoms with Crippen LogP contribution < -0.4 is 10.2 Å². The van der Waals surface area contributed by atoms with Crippen molar-refractivity contribution in [1.29, 1.82) is 0 Å². The molecule has 0 radical (unpaired) electrons. The number of hydroxylamine groups is 2. The highest BCUT2D eigenvalue weighted by Gasteiger charge is 2.24. The van der Waals surface area contributed by atoms with Crippen LogP contribution in [0.4, 0.5) is 30.9 Å². The fourth-order valence-electron chi connectivity index (χ4n) is 3.39. The molecule has 10 heteroatoms. The molecule has 1 aliphatic rings. The van der Waals surface area contributed by atoms with Crippen molar-refractivity contribution in [3.05, 3.63) is 42.2 Å². The van der Waals surface area contributed by atoms with Gasteiger partial charge in [-0.15, -0.1) is 5.06 Å². The number of hydrogen-bond donors (Lipinski definition) is 1. The number of ether oxygens (including phenoxy) is 1. The van der Waals surface area contributed by atoms with Gasteiger partial charge in [0.25, 0.3) is 0 Å². The van der Waals surface area contributed by atoms with Crippen molar-refractivity contribution in [3.63, 3.8) is 0 Å². The second kappa shape index (κ2) is 11.0. The second-order valence-corrected chi connectivity index (χ2v) is 8.31.